The molecule has 0 unspecified atom stereocenters. The van der Waals surface area contributed by atoms with E-state index in [1.165, 1.54) is 6.07 Å². The van der Waals surface area contributed by atoms with Crippen molar-refractivity contribution in [1.29, 1.82) is 0 Å². The minimum Gasteiger partial charge on any atom is -0.328 e. The molecule has 0 bridgehead atoms. The van der Waals surface area contributed by atoms with Crippen molar-refractivity contribution < 1.29 is 13.2 Å². The van der Waals surface area contributed by atoms with E-state index in [2.05, 4.69) is 4.98 Å². The van der Waals surface area contributed by atoms with Gasteiger partial charge in [-0.2, -0.15) is 13.2 Å². The van der Waals surface area contributed by atoms with E-state index in [4.69, 9.17) is 5.73 Å². The van der Waals surface area contributed by atoms with Gasteiger partial charge in [0.25, 0.3) is 0 Å². The first-order chi connectivity index (χ1) is 9.45. The molecule has 1 aromatic heterocycles. The zero-order valence-corrected chi connectivity index (χ0v) is 10.9. The minimum atomic E-state index is -4.32. The summed E-state index contributed by atoms with van der Waals surface area (Å²) in [6, 6.07) is 4.28. The quantitative estimate of drug-likeness (QED) is 0.870. The summed E-state index contributed by atoms with van der Waals surface area (Å²) in [7, 11) is 0. The molecule has 6 heteroatoms. The first-order valence-corrected chi connectivity index (χ1v) is 6.74. The number of fused-ring (bicyclic) bond motifs is 1. The molecule has 108 valence electrons. The maximum Gasteiger partial charge on any atom is 0.416 e. The molecule has 0 saturated heterocycles. The molecule has 2 N–H and O–H groups in total. The van der Waals surface area contributed by atoms with Crippen LogP contribution in [0.3, 0.4) is 0 Å². The van der Waals surface area contributed by atoms with E-state index >= 15 is 0 Å². The van der Waals surface area contributed by atoms with Crippen molar-refractivity contribution in [3.8, 4) is 0 Å². The van der Waals surface area contributed by atoms with Crippen LogP contribution in [0.5, 0.6) is 0 Å². The topological polar surface area (TPSA) is 43.8 Å². The van der Waals surface area contributed by atoms with Crippen molar-refractivity contribution in [1.82, 2.24) is 9.55 Å². The fourth-order valence-electron chi connectivity index (χ4n) is 2.88. The van der Waals surface area contributed by atoms with Gasteiger partial charge in [-0.3, -0.25) is 0 Å². The number of rotatable bonds is 1. The highest BCUT2D eigenvalue weighted by Gasteiger charge is 2.31. The summed E-state index contributed by atoms with van der Waals surface area (Å²) < 4.78 is 40.0. The molecule has 0 amide bonds. The Morgan fingerprint density at radius 2 is 1.85 bits per heavy atom. The third kappa shape index (κ3) is 2.40. The normalized spacial score (nSPS) is 24.2. The van der Waals surface area contributed by atoms with Crippen LogP contribution in [0.15, 0.2) is 24.5 Å². The molecule has 0 atom stereocenters. The van der Waals surface area contributed by atoms with Gasteiger partial charge in [0.1, 0.15) is 0 Å². The monoisotopic (exact) mass is 283 g/mol. The zero-order valence-electron chi connectivity index (χ0n) is 10.9. The number of hydrogen-bond donors (Lipinski definition) is 1. The summed E-state index contributed by atoms with van der Waals surface area (Å²) in [5, 5.41) is 0. The molecule has 1 fully saturated rings. The zero-order chi connectivity index (χ0) is 14.3. The molecule has 1 heterocycles. The SMILES string of the molecule is NC1CCC(n2cnc3cc(C(F)(F)F)ccc32)CC1. The lowest BCUT2D eigenvalue weighted by Gasteiger charge is -2.27. The number of alkyl halides is 3. The Morgan fingerprint density at radius 3 is 2.50 bits per heavy atom. The number of nitrogens with two attached hydrogens (primary N) is 1. The van der Waals surface area contributed by atoms with E-state index in [1.54, 1.807) is 6.33 Å². The van der Waals surface area contributed by atoms with Gasteiger partial charge >= 0.3 is 6.18 Å². The van der Waals surface area contributed by atoms with Crippen molar-refractivity contribution in [3.05, 3.63) is 30.1 Å². The Hall–Kier alpha value is -1.56. The molecule has 1 aliphatic rings. The van der Waals surface area contributed by atoms with Crippen LogP contribution in [0.2, 0.25) is 0 Å². The molecule has 1 saturated carbocycles. The van der Waals surface area contributed by atoms with Crippen LogP contribution < -0.4 is 5.73 Å². The van der Waals surface area contributed by atoms with Gasteiger partial charge in [-0.15, -0.1) is 0 Å². The first kappa shape index (κ1) is 13.4. The van der Waals surface area contributed by atoms with Crippen LogP contribution in [0.1, 0.15) is 37.3 Å². The fraction of sp³-hybridized carbons (Fsp3) is 0.500. The molecule has 0 aliphatic heterocycles. The van der Waals surface area contributed by atoms with Gasteiger partial charge in [-0.05, 0) is 43.9 Å². The Bertz CT molecular complexity index is 610. The second kappa shape index (κ2) is 4.77. The van der Waals surface area contributed by atoms with Gasteiger partial charge < -0.3 is 10.3 Å². The van der Waals surface area contributed by atoms with Crippen molar-refractivity contribution in [2.24, 2.45) is 5.73 Å². The third-order valence-corrected chi connectivity index (χ3v) is 4.04. The van der Waals surface area contributed by atoms with Gasteiger partial charge in [-0.25, -0.2) is 4.98 Å². The van der Waals surface area contributed by atoms with Crippen LogP contribution in [0.4, 0.5) is 13.2 Å². The second-order valence-electron chi connectivity index (χ2n) is 5.42. The molecule has 3 rings (SSSR count). The maximum absolute atomic E-state index is 12.7. The maximum atomic E-state index is 12.7. The molecule has 3 nitrogen and oxygen atoms in total. The molecule has 0 radical (unpaired) electrons. The van der Waals surface area contributed by atoms with Crippen molar-refractivity contribution in [2.45, 2.75) is 43.9 Å². The summed E-state index contributed by atoms with van der Waals surface area (Å²) in [5.41, 5.74) is 6.39. The van der Waals surface area contributed by atoms with Crippen molar-refractivity contribution in [3.63, 3.8) is 0 Å². The van der Waals surface area contributed by atoms with Crippen LogP contribution >= 0.6 is 0 Å². The summed E-state index contributed by atoms with van der Waals surface area (Å²) in [4.78, 5) is 4.12. The smallest absolute Gasteiger partial charge is 0.328 e. The van der Waals surface area contributed by atoms with E-state index in [0.29, 0.717) is 5.52 Å². The molecule has 0 spiro atoms. The van der Waals surface area contributed by atoms with Crippen LogP contribution in [-0.4, -0.2) is 15.6 Å². The molecule has 1 aliphatic carbocycles. The van der Waals surface area contributed by atoms with Gasteiger partial charge in [0, 0.05) is 12.1 Å². The van der Waals surface area contributed by atoms with E-state index in [9.17, 15) is 13.2 Å². The van der Waals surface area contributed by atoms with E-state index < -0.39 is 11.7 Å². The summed E-state index contributed by atoms with van der Waals surface area (Å²) in [6.07, 6.45) is 1.12. The van der Waals surface area contributed by atoms with Crippen LogP contribution in [0.25, 0.3) is 11.0 Å². The first-order valence-electron chi connectivity index (χ1n) is 6.74. The van der Waals surface area contributed by atoms with E-state index in [-0.39, 0.29) is 12.1 Å². The average molecular weight is 283 g/mol. The highest BCUT2D eigenvalue weighted by Crippen LogP contribution is 2.34. The van der Waals surface area contributed by atoms with Crippen LogP contribution in [0, 0.1) is 0 Å². The van der Waals surface area contributed by atoms with Gasteiger partial charge in [0.15, 0.2) is 0 Å². The average Bonchev–Trinajstić information content (AvgIpc) is 2.81. The van der Waals surface area contributed by atoms with Gasteiger partial charge in [0.2, 0.25) is 0 Å². The summed E-state index contributed by atoms with van der Waals surface area (Å²) in [5.74, 6) is 0. The van der Waals surface area contributed by atoms with Gasteiger partial charge in [0.05, 0.1) is 22.9 Å². The number of aromatic nitrogens is 2. The Morgan fingerprint density at radius 1 is 1.15 bits per heavy atom. The Labute approximate surface area is 114 Å². The van der Waals surface area contributed by atoms with Crippen molar-refractivity contribution >= 4 is 11.0 Å². The predicted molar refractivity (Wildman–Crippen MR) is 70.2 cm³/mol. The predicted octanol–water partition coefficient (Wildman–Crippen LogP) is 3.50. The van der Waals surface area contributed by atoms with E-state index in [1.807, 2.05) is 4.57 Å². The lowest BCUT2D eigenvalue weighted by molar-refractivity contribution is -0.137. The lowest BCUT2D eigenvalue weighted by atomic mass is 9.91. The summed E-state index contributed by atoms with van der Waals surface area (Å²) in [6.45, 7) is 0. The fourth-order valence-corrected chi connectivity index (χ4v) is 2.88. The molecule has 20 heavy (non-hydrogen) atoms. The molecule has 2 aromatic rings. The van der Waals surface area contributed by atoms with Gasteiger partial charge in [-0.1, -0.05) is 0 Å². The van der Waals surface area contributed by atoms with E-state index in [0.717, 1.165) is 43.3 Å². The number of benzene rings is 1. The molecular weight excluding hydrogens is 267 g/mol. The Kier molecular flexibility index (Phi) is 3.20. The molecular formula is C14H16F3N3. The largest absolute Gasteiger partial charge is 0.416 e. The summed E-state index contributed by atoms with van der Waals surface area (Å²) >= 11 is 0. The number of nitrogens with zero attached hydrogens (tertiary/aromatic N) is 2. The number of imidazole rings is 1. The second-order valence-corrected chi connectivity index (χ2v) is 5.42. The highest BCUT2D eigenvalue weighted by atomic mass is 19.4. The number of halogens is 3. The minimum absolute atomic E-state index is 0.248. The highest BCUT2D eigenvalue weighted by molar-refractivity contribution is 5.76. The number of hydrogen-bond acceptors (Lipinski definition) is 2. The third-order valence-electron chi connectivity index (χ3n) is 4.04. The Balaban J connectivity index is 1.94. The van der Waals surface area contributed by atoms with Crippen LogP contribution in [-0.2, 0) is 6.18 Å². The van der Waals surface area contributed by atoms with Crippen molar-refractivity contribution in [2.75, 3.05) is 0 Å². The lowest BCUT2D eigenvalue weighted by Crippen LogP contribution is -2.27. The standard InChI is InChI=1S/C14H16F3N3/c15-14(16,17)9-1-6-13-12(7-9)19-8-20(13)11-4-2-10(18)3-5-11/h1,6-8,10-11H,2-5,18H2. The molecule has 1 aromatic carbocycles.